The SMILES string of the molecule is COc1ccc2ncc(Cl)c(CCCC3(CC(=O)O)CCN(CCCSc4cccc(C)c4)CC3)c2c1. The molecule has 0 radical (unpaired) electrons. The van der Waals surface area contributed by atoms with Crippen molar-refractivity contribution in [2.75, 3.05) is 32.5 Å². The molecule has 1 fully saturated rings. The second-order valence-electron chi connectivity index (χ2n) is 10.3. The number of aliphatic carboxylic acids is 1. The van der Waals surface area contributed by atoms with E-state index in [1.807, 2.05) is 30.0 Å². The molecule has 198 valence electrons. The van der Waals surface area contributed by atoms with Gasteiger partial charge in [0.2, 0.25) is 0 Å². The molecular formula is C30H37ClN2O3S. The summed E-state index contributed by atoms with van der Waals surface area (Å²) >= 11 is 8.48. The highest BCUT2D eigenvalue weighted by atomic mass is 35.5. The Labute approximate surface area is 229 Å². The number of ether oxygens (including phenoxy) is 1. The summed E-state index contributed by atoms with van der Waals surface area (Å²) in [6, 6.07) is 14.5. The minimum atomic E-state index is -0.694. The number of nitrogens with zero attached hydrogens (tertiary/aromatic N) is 2. The molecule has 7 heteroatoms. The van der Waals surface area contributed by atoms with Crippen molar-refractivity contribution in [1.29, 1.82) is 0 Å². The molecule has 3 aromatic rings. The van der Waals surface area contributed by atoms with Crippen LogP contribution in [0.1, 0.15) is 49.7 Å². The molecule has 1 aliphatic heterocycles. The summed E-state index contributed by atoms with van der Waals surface area (Å²) in [7, 11) is 1.66. The van der Waals surface area contributed by atoms with Gasteiger partial charge in [-0.15, -0.1) is 11.8 Å². The zero-order valence-electron chi connectivity index (χ0n) is 21.8. The number of halogens is 1. The highest BCUT2D eigenvalue weighted by molar-refractivity contribution is 7.99. The van der Waals surface area contributed by atoms with Crippen LogP contribution in [0.15, 0.2) is 53.6 Å². The van der Waals surface area contributed by atoms with E-state index < -0.39 is 5.97 Å². The maximum Gasteiger partial charge on any atom is 0.303 e. The topological polar surface area (TPSA) is 62.7 Å². The van der Waals surface area contributed by atoms with Crippen molar-refractivity contribution in [1.82, 2.24) is 9.88 Å². The molecule has 1 saturated heterocycles. The Balaban J connectivity index is 1.31. The summed E-state index contributed by atoms with van der Waals surface area (Å²) < 4.78 is 5.41. The predicted octanol–water partition coefficient (Wildman–Crippen LogP) is 7.27. The molecule has 2 aromatic carbocycles. The number of thioether (sulfide) groups is 1. The minimum Gasteiger partial charge on any atom is -0.497 e. The second kappa shape index (κ2) is 13.0. The third-order valence-corrected chi connectivity index (χ3v) is 8.99. The lowest BCUT2D eigenvalue weighted by molar-refractivity contribution is -0.140. The van der Waals surface area contributed by atoms with Gasteiger partial charge in [0.15, 0.2) is 0 Å². The first-order valence-corrected chi connectivity index (χ1v) is 14.5. The van der Waals surface area contributed by atoms with E-state index in [9.17, 15) is 9.90 Å². The number of hydrogen-bond acceptors (Lipinski definition) is 5. The fraction of sp³-hybridized carbons (Fsp3) is 0.467. The zero-order valence-corrected chi connectivity index (χ0v) is 23.4. The number of hydrogen-bond donors (Lipinski definition) is 1. The van der Waals surface area contributed by atoms with Gasteiger partial charge in [0.1, 0.15) is 5.75 Å². The van der Waals surface area contributed by atoms with Gasteiger partial charge >= 0.3 is 5.97 Å². The monoisotopic (exact) mass is 540 g/mol. The van der Waals surface area contributed by atoms with Crippen LogP contribution in [0.5, 0.6) is 5.75 Å². The van der Waals surface area contributed by atoms with Gasteiger partial charge in [0.05, 0.1) is 24.1 Å². The highest BCUT2D eigenvalue weighted by Crippen LogP contribution is 2.41. The van der Waals surface area contributed by atoms with E-state index in [0.717, 1.165) is 86.1 Å². The number of piperidine rings is 1. The number of benzene rings is 2. The standard InChI is InChI=1S/C30H37ClN2O3S/c1-22-6-3-7-24(18-22)37-17-5-14-33-15-12-30(13-16-33,20-29(34)35)11-4-8-25-26-19-23(36-2)9-10-28(26)32-21-27(25)31/h3,6-7,9-10,18-19,21H,4-5,8,11-17,20H2,1-2H3,(H,34,35). The van der Waals surface area contributed by atoms with Crippen LogP contribution in [0.25, 0.3) is 10.9 Å². The summed E-state index contributed by atoms with van der Waals surface area (Å²) in [5.74, 6) is 1.19. The lowest BCUT2D eigenvalue weighted by Gasteiger charge is -2.41. The number of aryl methyl sites for hydroxylation is 2. The highest BCUT2D eigenvalue weighted by Gasteiger charge is 2.36. The largest absolute Gasteiger partial charge is 0.497 e. The quantitative estimate of drug-likeness (QED) is 0.192. The number of pyridine rings is 1. The number of carboxylic acids is 1. The average molecular weight is 541 g/mol. The van der Waals surface area contributed by atoms with Crippen LogP contribution in [0.3, 0.4) is 0 Å². The number of likely N-dealkylation sites (tertiary alicyclic amines) is 1. The number of rotatable bonds is 12. The van der Waals surface area contributed by atoms with Crippen LogP contribution in [0.2, 0.25) is 5.02 Å². The van der Waals surface area contributed by atoms with Crippen LogP contribution in [-0.2, 0) is 11.2 Å². The van der Waals surface area contributed by atoms with E-state index in [1.54, 1.807) is 13.3 Å². The fourth-order valence-electron chi connectivity index (χ4n) is 5.49. The Morgan fingerprint density at radius 1 is 1.19 bits per heavy atom. The van der Waals surface area contributed by atoms with Crippen LogP contribution in [0.4, 0.5) is 0 Å². The van der Waals surface area contributed by atoms with Crippen molar-refractivity contribution >= 4 is 40.2 Å². The first-order chi connectivity index (χ1) is 17.9. The minimum absolute atomic E-state index is 0.147. The number of carbonyl (C=O) groups is 1. The van der Waals surface area contributed by atoms with E-state index in [-0.39, 0.29) is 11.8 Å². The van der Waals surface area contributed by atoms with E-state index in [4.69, 9.17) is 16.3 Å². The number of methoxy groups -OCH3 is 1. The predicted molar refractivity (Wildman–Crippen MR) is 153 cm³/mol. The maximum absolute atomic E-state index is 11.8. The molecule has 0 spiro atoms. The van der Waals surface area contributed by atoms with Crippen molar-refractivity contribution in [3.05, 3.63) is 64.8 Å². The molecule has 37 heavy (non-hydrogen) atoms. The smallest absolute Gasteiger partial charge is 0.303 e. The second-order valence-corrected chi connectivity index (χ2v) is 11.8. The Bertz CT molecular complexity index is 1210. The van der Waals surface area contributed by atoms with E-state index >= 15 is 0 Å². The van der Waals surface area contributed by atoms with Crippen LogP contribution >= 0.6 is 23.4 Å². The Kier molecular flexibility index (Phi) is 9.74. The summed E-state index contributed by atoms with van der Waals surface area (Å²) in [5, 5.41) is 11.4. The Morgan fingerprint density at radius 3 is 2.73 bits per heavy atom. The Hall–Kier alpha value is -2.28. The molecule has 1 aromatic heterocycles. The molecular weight excluding hydrogens is 504 g/mol. The lowest BCUT2D eigenvalue weighted by atomic mass is 9.72. The first kappa shape index (κ1) is 27.7. The summed E-state index contributed by atoms with van der Waals surface area (Å²) in [6.45, 7) is 5.14. The maximum atomic E-state index is 11.8. The van der Waals surface area contributed by atoms with Crippen LogP contribution < -0.4 is 4.74 Å². The van der Waals surface area contributed by atoms with Crippen LogP contribution in [0, 0.1) is 12.3 Å². The zero-order chi connectivity index (χ0) is 26.3. The summed E-state index contributed by atoms with van der Waals surface area (Å²) in [4.78, 5) is 20.1. The molecule has 1 aliphatic rings. The van der Waals surface area contributed by atoms with Crippen molar-refractivity contribution in [3.63, 3.8) is 0 Å². The molecule has 5 nitrogen and oxygen atoms in total. The lowest BCUT2D eigenvalue weighted by Crippen LogP contribution is -2.41. The van der Waals surface area contributed by atoms with Gasteiger partial charge in [0, 0.05) is 16.5 Å². The van der Waals surface area contributed by atoms with Gasteiger partial charge in [-0.2, -0.15) is 0 Å². The number of carboxylic acid groups (broad SMARTS) is 1. The van der Waals surface area contributed by atoms with Crippen LogP contribution in [-0.4, -0.2) is 53.5 Å². The fourth-order valence-corrected chi connectivity index (χ4v) is 6.69. The third-order valence-electron chi connectivity index (χ3n) is 7.59. The average Bonchev–Trinajstić information content (AvgIpc) is 2.88. The number of fused-ring (bicyclic) bond motifs is 1. The molecule has 4 rings (SSSR count). The van der Waals surface area contributed by atoms with Crippen molar-refractivity contribution in [2.45, 2.75) is 56.8 Å². The molecule has 0 aliphatic carbocycles. The van der Waals surface area contributed by atoms with Gasteiger partial charge in [-0.1, -0.05) is 29.3 Å². The molecule has 0 saturated carbocycles. The molecule has 2 heterocycles. The summed E-state index contributed by atoms with van der Waals surface area (Å²) in [6.07, 6.45) is 7.55. The van der Waals surface area contributed by atoms with Gasteiger partial charge in [-0.05, 0) is 112 Å². The van der Waals surface area contributed by atoms with Crippen molar-refractivity contribution in [2.24, 2.45) is 5.41 Å². The van der Waals surface area contributed by atoms with Gasteiger partial charge in [-0.3, -0.25) is 9.78 Å². The van der Waals surface area contributed by atoms with Gasteiger partial charge in [-0.25, -0.2) is 0 Å². The first-order valence-electron chi connectivity index (χ1n) is 13.1. The molecule has 0 bridgehead atoms. The normalized spacial score (nSPS) is 15.6. The summed E-state index contributed by atoms with van der Waals surface area (Å²) in [5.41, 5.74) is 3.12. The Morgan fingerprint density at radius 2 is 2.00 bits per heavy atom. The van der Waals surface area contributed by atoms with Gasteiger partial charge in [0.25, 0.3) is 0 Å². The molecule has 1 N–H and O–H groups in total. The number of aromatic nitrogens is 1. The van der Waals surface area contributed by atoms with E-state index in [0.29, 0.717) is 5.02 Å². The van der Waals surface area contributed by atoms with Crippen molar-refractivity contribution < 1.29 is 14.6 Å². The van der Waals surface area contributed by atoms with Gasteiger partial charge < -0.3 is 14.7 Å². The third kappa shape index (κ3) is 7.62. The van der Waals surface area contributed by atoms with E-state index in [1.165, 1.54) is 10.5 Å². The molecule has 0 amide bonds. The van der Waals surface area contributed by atoms with E-state index in [2.05, 4.69) is 41.1 Å². The molecule has 0 atom stereocenters. The molecule has 0 unspecified atom stereocenters. The van der Waals surface area contributed by atoms with Crippen molar-refractivity contribution in [3.8, 4) is 5.75 Å².